The monoisotopic (exact) mass is 412 g/mol. The molecule has 2 atom stereocenters. The summed E-state index contributed by atoms with van der Waals surface area (Å²) in [5.74, 6) is -0.511. The van der Waals surface area contributed by atoms with Gasteiger partial charge in [0, 0.05) is 6.61 Å². The van der Waals surface area contributed by atoms with Gasteiger partial charge in [-0.05, 0) is 42.1 Å². The Morgan fingerprint density at radius 1 is 0.862 bits per heavy atom. The van der Waals surface area contributed by atoms with Crippen LogP contribution >= 0.6 is 0 Å². The van der Waals surface area contributed by atoms with Crippen LogP contribution in [0.2, 0.25) is 5.04 Å². The van der Waals surface area contributed by atoms with Gasteiger partial charge in [0.15, 0.2) is 5.79 Å². The van der Waals surface area contributed by atoms with Crippen LogP contribution in [-0.4, -0.2) is 32.9 Å². The second-order valence-corrected chi connectivity index (χ2v) is 13.7. The molecule has 0 N–H and O–H groups in total. The van der Waals surface area contributed by atoms with Crippen LogP contribution in [0.15, 0.2) is 60.7 Å². The fourth-order valence-corrected chi connectivity index (χ4v) is 9.17. The Bertz CT molecular complexity index is 728. The number of hydrogen-bond acceptors (Lipinski definition) is 3. The van der Waals surface area contributed by atoms with Gasteiger partial charge in [0.1, 0.15) is 0 Å². The maximum absolute atomic E-state index is 6.99. The molecule has 2 aromatic carbocycles. The molecule has 3 nitrogen and oxygen atoms in total. The van der Waals surface area contributed by atoms with Gasteiger partial charge in [0.2, 0.25) is 0 Å². The minimum Gasteiger partial charge on any atom is -0.407 e. The molecule has 4 heteroatoms. The van der Waals surface area contributed by atoms with Gasteiger partial charge >= 0.3 is 0 Å². The second kappa shape index (κ2) is 8.72. The summed E-state index contributed by atoms with van der Waals surface area (Å²) in [4.78, 5) is 0. The van der Waals surface area contributed by atoms with Gasteiger partial charge in [-0.25, -0.2) is 0 Å². The summed E-state index contributed by atoms with van der Waals surface area (Å²) in [6.45, 7) is 13.8. The smallest absolute Gasteiger partial charge is 0.261 e. The lowest BCUT2D eigenvalue weighted by molar-refractivity contribution is -0.147. The molecule has 3 rings (SSSR count). The molecule has 0 spiro atoms. The van der Waals surface area contributed by atoms with Crippen LogP contribution in [-0.2, 0) is 13.9 Å². The van der Waals surface area contributed by atoms with E-state index >= 15 is 0 Å². The maximum Gasteiger partial charge on any atom is 0.261 e. The van der Waals surface area contributed by atoms with Crippen molar-refractivity contribution in [3.63, 3.8) is 0 Å². The maximum atomic E-state index is 6.99. The van der Waals surface area contributed by atoms with Crippen LogP contribution in [0.25, 0.3) is 0 Å². The molecule has 1 aliphatic rings. The van der Waals surface area contributed by atoms with E-state index in [9.17, 15) is 0 Å². The van der Waals surface area contributed by atoms with Gasteiger partial charge in [-0.3, -0.25) is 0 Å². The quantitative estimate of drug-likeness (QED) is 0.607. The standard InChI is InChI=1S/C25H36O3Si/c1-7-22-23(28-25(5,6)27-22)18-19-26-29(24(2,3)4,20-14-10-8-11-15-20)21-16-12-9-13-17-21/h8-17,22-23H,7,18-19H2,1-6H3/t22-,23+/m1/s1. The lowest BCUT2D eigenvalue weighted by Gasteiger charge is -2.43. The third-order valence-electron chi connectivity index (χ3n) is 5.83. The van der Waals surface area contributed by atoms with Crippen molar-refractivity contribution in [1.29, 1.82) is 0 Å². The van der Waals surface area contributed by atoms with Crippen LogP contribution in [0, 0.1) is 0 Å². The Morgan fingerprint density at radius 3 is 1.79 bits per heavy atom. The van der Waals surface area contributed by atoms with Crippen LogP contribution < -0.4 is 10.4 Å². The Hall–Kier alpha value is -1.46. The van der Waals surface area contributed by atoms with Crippen LogP contribution in [0.4, 0.5) is 0 Å². The number of ether oxygens (including phenoxy) is 2. The molecule has 0 unspecified atom stereocenters. The van der Waals surface area contributed by atoms with Gasteiger partial charge in [0.05, 0.1) is 12.2 Å². The molecule has 1 fully saturated rings. The molecule has 0 amide bonds. The second-order valence-electron chi connectivity index (χ2n) is 9.42. The first-order valence-corrected chi connectivity index (χ1v) is 12.7. The summed E-state index contributed by atoms with van der Waals surface area (Å²) in [7, 11) is -2.49. The van der Waals surface area contributed by atoms with E-state index in [2.05, 4.69) is 88.4 Å². The number of rotatable bonds is 7. The largest absolute Gasteiger partial charge is 0.407 e. The Labute approximate surface area is 177 Å². The van der Waals surface area contributed by atoms with E-state index in [-0.39, 0.29) is 17.2 Å². The normalized spacial score (nSPS) is 22.0. The summed E-state index contributed by atoms with van der Waals surface area (Å²) < 4.78 is 19.2. The van der Waals surface area contributed by atoms with E-state index in [0.29, 0.717) is 6.61 Å². The van der Waals surface area contributed by atoms with Gasteiger partial charge in [-0.1, -0.05) is 88.4 Å². The van der Waals surface area contributed by atoms with Gasteiger partial charge < -0.3 is 13.9 Å². The molecule has 2 aromatic rings. The molecule has 0 saturated carbocycles. The lowest BCUT2D eigenvalue weighted by atomic mass is 10.1. The highest BCUT2D eigenvalue weighted by atomic mass is 28.4. The van der Waals surface area contributed by atoms with Crippen molar-refractivity contribution in [2.45, 2.75) is 77.4 Å². The zero-order valence-electron chi connectivity index (χ0n) is 18.8. The molecule has 1 saturated heterocycles. The first-order chi connectivity index (χ1) is 13.7. The average molecular weight is 413 g/mol. The molecule has 0 radical (unpaired) electrons. The summed E-state index contributed by atoms with van der Waals surface area (Å²) >= 11 is 0. The fourth-order valence-electron chi connectivity index (χ4n) is 4.59. The fraction of sp³-hybridized carbons (Fsp3) is 0.520. The van der Waals surface area contributed by atoms with Crippen molar-refractivity contribution in [3.8, 4) is 0 Å². The molecule has 0 aromatic heterocycles. The summed E-state index contributed by atoms with van der Waals surface area (Å²) in [6.07, 6.45) is 2.00. The first kappa shape index (κ1) is 22.2. The van der Waals surface area contributed by atoms with E-state index in [1.165, 1.54) is 10.4 Å². The Morgan fingerprint density at radius 2 is 1.34 bits per heavy atom. The summed E-state index contributed by atoms with van der Waals surface area (Å²) in [5.41, 5.74) is 0. The summed E-state index contributed by atoms with van der Waals surface area (Å²) in [6, 6.07) is 21.6. The highest BCUT2D eigenvalue weighted by molar-refractivity contribution is 6.99. The zero-order chi connectivity index (χ0) is 21.1. The molecule has 1 heterocycles. The van der Waals surface area contributed by atoms with Crippen molar-refractivity contribution in [2.75, 3.05) is 6.61 Å². The molecule has 1 aliphatic heterocycles. The van der Waals surface area contributed by atoms with E-state index in [0.717, 1.165) is 12.8 Å². The van der Waals surface area contributed by atoms with E-state index in [1.807, 2.05) is 13.8 Å². The minimum absolute atomic E-state index is 0.00777. The molecule has 0 bridgehead atoms. The first-order valence-electron chi connectivity index (χ1n) is 10.8. The van der Waals surface area contributed by atoms with Crippen molar-refractivity contribution < 1.29 is 13.9 Å². The Kier molecular flexibility index (Phi) is 6.69. The third kappa shape index (κ3) is 4.66. The van der Waals surface area contributed by atoms with Crippen LogP contribution in [0.1, 0.15) is 54.4 Å². The van der Waals surface area contributed by atoms with Crippen LogP contribution in [0.5, 0.6) is 0 Å². The van der Waals surface area contributed by atoms with Crippen molar-refractivity contribution in [1.82, 2.24) is 0 Å². The van der Waals surface area contributed by atoms with E-state index in [1.54, 1.807) is 0 Å². The molecular weight excluding hydrogens is 376 g/mol. The predicted octanol–water partition coefficient (Wildman–Crippen LogP) is 4.88. The Balaban J connectivity index is 1.90. The average Bonchev–Trinajstić information content (AvgIpc) is 2.99. The summed E-state index contributed by atoms with van der Waals surface area (Å²) in [5, 5.41) is 2.62. The zero-order valence-corrected chi connectivity index (χ0v) is 19.8. The molecule has 158 valence electrons. The van der Waals surface area contributed by atoms with Crippen molar-refractivity contribution in [2.24, 2.45) is 0 Å². The van der Waals surface area contributed by atoms with Gasteiger partial charge in [-0.2, -0.15) is 0 Å². The third-order valence-corrected chi connectivity index (χ3v) is 10.9. The van der Waals surface area contributed by atoms with Crippen molar-refractivity contribution in [3.05, 3.63) is 60.7 Å². The van der Waals surface area contributed by atoms with E-state index < -0.39 is 14.1 Å². The topological polar surface area (TPSA) is 27.7 Å². The highest BCUT2D eigenvalue weighted by Crippen LogP contribution is 2.37. The number of benzene rings is 2. The molecular formula is C25H36O3Si. The van der Waals surface area contributed by atoms with E-state index in [4.69, 9.17) is 13.9 Å². The van der Waals surface area contributed by atoms with Gasteiger partial charge in [-0.15, -0.1) is 0 Å². The SMILES string of the molecule is CC[C@H]1OC(C)(C)O[C@H]1CCO[Si](c1ccccc1)(c1ccccc1)C(C)(C)C. The minimum atomic E-state index is -2.49. The predicted molar refractivity (Wildman–Crippen MR) is 122 cm³/mol. The van der Waals surface area contributed by atoms with Crippen LogP contribution in [0.3, 0.4) is 0 Å². The lowest BCUT2D eigenvalue weighted by Crippen LogP contribution is -2.66. The molecule has 29 heavy (non-hydrogen) atoms. The number of hydrogen-bond donors (Lipinski definition) is 0. The highest BCUT2D eigenvalue weighted by Gasteiger charge is 2.50. The van der Waals surface area contributed by atoms with Crippen molar-refractivity contribution >= 4 is 18.7 Å². The molecule has 0 aliphatic carbocycles. The van der Waals surface area contributed by atoms with Gasteiger partial charge in [0.25, 0.3) is 8.32 Å².